The molecule has 0 N–H and O–H groups in total. The molecule has 0 aliphatic heterocycles. The standard InChI is InChI=1S/C19H15F4N3OS2.2C2H6/c1-28-26(29-2)16-8-3-12(11-15(16)20)17-18(25-10-9-24-17)27-14-6-4-13(5-7-14)19(21,22)23;2*1-2/h3-11H,1-2H3;2*1-2H3. The van der Waals surface area contributed by atoms with Gasteiger partial charge in [-0.25, -0.2) is 14.4 Å². The molecule has 3 aromatic rings. The number of halogens is 4. The van der Waals surface area contributed by atoms with Crippen LogP contribution < -0.4 is 8.45 Å². The number of alkyl halides is 3. The van der Waals surface area contributed by atoms with E-state index in [0.29, 0.717) is 11.3 Å². The zero-order valence-corrected chi connectivity index (χ0v) is 20.9. The highest BCUT2D eigenvalue weighted by Crippen LogP contribution is 2.36. The van der Waals surface area contributed by atoms with E-state index in [9.17, 15) is 17.6 Å². The molecule has 0 amide bonds. The SMILES string of the molecule is CC.CC.CSN(SC)c1ccc(-c2nccnc2Oc2ccc(C(F)(F)F)cc2)cc1F. The number of hydrogen-bond acceptors (Lipinski definition) is 6. The van der Waals surface area contributed by atoms with Crippen LogP contribution in [0, 0.1) is 5.82 Å². The first kappa shape index (κ1) is 28.6. The van der Waals surface area contributed by atoms with E-state index in [1.165, 1.54) is 54.5 Å². The number of anilines is 1. The van der Waals surface area contributed by atoms with Gasteiger partial charge in [0.15, 0.2) is 0 Å². The molecule has 0 saturated carbocycles. The monoisotopic (exact) mass is 501 g/mol. The fourth-order valence-electron chi connectivity index (χ4n) is 2.50. The van der Waals surface area contributed by atoms with Gasteiger partial charge in [-0.3, -0.25) is 3.71 Å². The summed E-state index contributed by atoms with van der Waals surface area (Å²) in [7, 11) is 0. The molecule has 2 aromatic carbocycles. The maximum atomic E-state index is 14.6. The van der Waals surface area contributed by atoms with Gasteiger partial charge >= 0.3 is 6.18 Å². The quantitative estimate of drug-likeness (QED) is 0.249. The Bertz CT molecular complexity index is 982. The molecule has 0 unspecified atom stereocenters. The molecule has 0 radical (unpaired) electrons. The fourth-order valence-corrected chi connectivity index (χ4v) is 3.78. The van der Waals surface area contributed by atoms with Crippen molar-refractivity contribution in [2.75, 3.05) is 16.2 Å². The lowest BCUT2D eigenvalue weighted by Crippen LogP contribution is -2.04. The highest BCUT2D eigenvalue weighted by Gasteiger charge is 2.30. The zero-order valence-electron chi connectivity index (χ0n) is 19.3. The van der Waals surface area contributed by atoms with Crippen LogP contribution in [0.15, 0.2) is 54.9 Å². The topological polar surface area (TPSA) is 38.2 Å². The Labute approximate surface area is 201 Å². The summed E-state index contributed by atoms with van der Waals surface area (Å²) < 4.78 is 60.1. The van der Waals surface area contributed by atoms with E-state index in [-0.39, 0.29) is 17.3 Å². The second-order valence-corrected chi connectivity index (χ2v) is 7.31. The van der Waals surface area contributed by atoms with Crippen molar-refractivity contribution in [2.24, 2.45) is 0 Å². The average molecular weight is 502 g/mol. The highest BCUT2D eigenvalue weighted by molar-refractivity contribution is 8.17. The van der Waals surface area contributed by atoms with Crippen LogP contribution in [-0.2, 0) is 6.18 Å². The predicted molar refractivity (Wildman–Crippen MR) is 131 cm³/mol. The van der Waals surface area contributed by atoms with Crippen molar-refractivity contribution < 1.29 is 22.3 Å². The van der Waals surface area contributed by atoms with Crippen molar-refractivity contribution >= 4 is 29.6 Å². The van der Waals surface area contributed by atoms with Gasteiger partial charge in [0.2, 0.25) is 5.88 Å². The van der Waals surface area contributed by atoms with Gasteiger partial charge in [0.25, 0.3) is 0 Å². The van der Waals surface area contributed by atoms with Crippen LogP contribution in [0.25, 0.3) is 11.3 Å². The predicted octanol–water partition coefficient (Wildman–Crippen LogP) is 8.51. The molecule has 1 heterocycles. The van der Waals surface area contributed by atoms with Gasteiger partial charge in [-0.1, -0.05) is 33.8 Å². The first-order valence-electron chi connectivity index (χ1n) is 10.2. The van der Waals surface area contributed by atoms with Crippen LogP contribution in [0.5, 0.6) is 11.6 Å². The third-order valence-corrected chi connectivity index (χ3v) is 5.76. The lowest BCUT2D eigenvalue weighted by molar-refractivity contribution is -0.137. The van der Waals surface area contributed by atoms with Crippen LogP contribution in [0.3, 0.4) is 0 Å². The second-order valence-electron chi connectivity index (χ2n) is 5.62. The Morgan fingerprint density at radius 2 is 1.42 bits per heavy atom. The third-order valence-electron chi connectivity index (χ3n) is 3.81. The smallest absolute Gasteiger partial charge is 0.416 e. The molecule has 3 rings (SSSR count). The summed E-state index contributed by atoms with van der Waals surface area (Å²) in [5, 5.41) is 0. The number of nitrogens with zero attached hydrogens (tertiary/aromatic N) is 3. The minimum Gasteiger partial charge on any atom is -0.437 e. The summed E-state index contributed by atoms with van der Waals surface area (Å²) in [5.41, 5.74) is 0.331. The van der Waals surface area contributed by atoms with Crippen molar-refractivity contribution in [3.63, 3.8) is 0 Å². The molecule has 4 nitrogen and oxygen atoms in total. The molecule has 0 spiro atoms. The molecule has 0 aliphatic carbocycles. The first-order valence-corrected chi connectivity index (χ1v) is 12.5. The van der Waals surface area contributed by atoms with Crippen LogP contribution in [0.1, 0.15) is 33.3 Å². The van der Waals surface area contributed by atoms with Crippen LogP contribution in [0.4, 0.5) is 23.2 Å². The van der Waals surface area contributed by atoms with Crippen LogP contribution in [-0.4, -0.2) is 22.5 Å². The maximum absolute atomic E-state index is 14.6. The van der Waals surface area contributed by atoms with E-state index in [2.05, 4.69) is 9.97 Å². The summed E-state index contributed by atoms with van der Waals surface area (Å²) in [6.45, 7) is 8.00. The van der Waals surface area contributed by atoms with Gasteiger partial charge in [0.05, 0.1) is 11.3 Å². The number of benzene rings is 2. The molecule has 0 aliphatic rings. The maximum Gasteiger partial charge on any atom is 0.416 e. The van der Waals surface area contributed by atoms with Gasteiger partial charge in [-0.15, -0.1) is 0 Å². The molecule has 10 heteroatoms. The van der Waals surface area contributed by atoms with Crippen molar-refractivity contribution in [1.82, 2.24) is 9.97 Å². The molecule has 180 valence electrons. The molecule has 0 bridgehead atoms. The number of ether oxygens (including phenoxy) is 1. The molecule has 0 fully saturated rings. The van der Waals surface area contributed by atoms with Gasteiger partial charge < -0.3 is 4.74 Å². The van der Waals surface area contributed by atoms with E-state index in [1.807, 2.05) is 40.2 Å². The van der Waals surface area contributed by atoms with Gasteiger partial charge in [-0.05, 0) is 60.3 Å². The Kier molecular flexibility index (Phi) is 12.1. The lowest BCUT2D eigenvalue weighted by Gasteiger charge is -2.19. The van der Waals surface area contributed by atoms with Gasteiger partial charge in [-0.2, -0.15) is 13.2 Å². The molecular weight excluding hydrogens is 474 g/mol. The van der Waals surface area contributed by atoms with Gasteiger partial charge in [0.1, 0.15) is 17.3 Å². The van der Waals surface area contributed by atoms with E-state index in [4.69, 9.17) is 4.74 Å². The van der Waals surface area contributed by atoms with E-state index in [1.54, 1.807) is 15.8 Å². The highest BCUT2D eigenvalue weighted by atomic mass is 32.2. The number of aromatic nitrogens is 2. The van der Waals surface area contributed by atoms with E-state index in [0.717, 1.165) is 12.1 Å². The summed E-state index contributed by atoms with van der Waals surface area (Å²) in [6.07, 6.45) is 2.05. The molecule has 0 saturated heterocycles. The number of hydrogen-bond donors (Lipinski definition) is 0. The van der Waals surface area contributed by atoms with Crippen LogP contribution >= 0.6 is 23.9 Å². The Morgan fingerprint density at radius 3 is 1.94 bits per heavy atom. The minimum atomic E-state index is -4.43. The van der Waals surface area contributed by atoms with E-state index >= 15 is 0 Å². The lowest BCUT2D eigenvalue weighted by atomic mass is 10.1. The number of rotatable bonds is 6. The molecular formula is C23H27F4N3OS2. The van der Waals surface area contributed by atoms with Crippen molar-refractivity contribution in [2.45, 2.75) is 33.9 Å². The largest absolute Gasteiger partial charge is 0.437 e. The summed E-state index contributed by atoms with van der Waals surface area (Å²) in [5.74, 6) is -0.226. The Morgan fingerprint density at radius 1 is 0.848 bits per heavy atom. The Balaban J connectivity index is 0.00000129. The first-order chi connectivity index (χ1) is 15.8. The molecule has 33 heavy (non-hydrogen) atoms. The Hall–Kier alpha value is -2.46. The van der Waals surface area contributed by atoms with Crippen molar-refractivity contribution in [3.05, 3.63) is 66.2 Å². The van der Waals surface area contributed by atoms with E-state index < -0.39 is 17.6 Å². The molecule has 1 aromatic heterocycles. The van der Waals surface area contributed by atoms with Crippen LogP contribution in [0.2, 0.25) is 0 Å². The summed E-state index contributed by atoms with van der Waals surface area (Å²) >= 11 is 2.74. The third kappa shape index (κ3) is 7.82. The second kappa shape index (κ2) is 13.9. The summed E-state index contributed by atoms with van der Waals surface area (Å²) in [4.78, 5) is 8.29. The zero-order chi connectivity index (χ0) is 25.0. The fraction of sp³-hybridized carbons (Fsp3) is 0.304. The van der Waals surface area contributed by atoms with Crippen molar-refractivity contribution in [3.8, 4) is 22.9 Å². The minimum absolute atomic E-state index is 0.0611. The summed E-state index contributed by atoms with van der Waals surface area (Å²) in [6, 6.07) is 8.84. The van der Waals surface area contributed by atoms with Crippen molar-refractivity contribution in [1.29, 1.82) is 0 Å². The normalized spacial score (nSPS) is 10.4. The molecule has 0 atom stereocenters. The van der Waals surface area contributed by atoms with Gasteiger partial charge in [0, 0.05) is 30.5 Å². The average Bonchev–Trinajstić information content (AvgIpc) is 2.83.